The van der Waals surface area contributed by atoms with Gasteiger partial charge in [-0.1, -0.05) is 35.3 Å². The standard InChI is InChI=1S/C30H31Cl2F3N2O7/c1-2-42-27(28(38)39)17-20-3-7-25(8-4-20)43-14-12-37(11-13-41-19-21-15-22(31)18-23(32)16-21)29(40)36-24-5-9-26(10-6-24)44-30(33,34)35/h3-10,15-16,18,27H,2,11-14,17,19H2,1H3,(H,36,40)(H,38,39). The largest absolute Gasteiger partial charge is 0.573 e. The van der Waals surface area contributed by atoms with Gasteiger partial charge in [-0.25, -0.2) is 9.59 Å². The first-order chi connectivity index (χ1) is 20.9. The smallest absolute Gasteiger partial charge is 0.492 e. The molecule has 0 saturated heterocycles. The Balaban J connectivity index is 1.58. The van der Waals surface area contributed by atoms with Gasteiger partial charge in [0.2, 0.25) is 0 Å². The molecule has 0 saturated carbocycles. The number of carboxylic acid groups (broad SMARTS) is 1. The molecule has 3 aromatic carbocycles. The fraction of sp³-hybridized carbons (Fsp3) is 0.333. The van der Waals surface area contributed by atoms with Gasteiger partial charge in [0.15, 0.2) is 6.10 Å². The van der Waals surface area contributed by atoms with Crippen molar-refractivity contribution in [3.8, 4) is 11.5 Å². The number of halogens is 5. The molecule has 0 aliphatic rings. The Morgan fingerprint density at radius 2 is 1.52 bits per heavy atom. The van der Waals surface area contributed by atoms with Crippen molar-refractivity contribution in [2.45, 2.75) is 32.4 Å². The lowest BCUT2D eigenvalue weighted by Gasteiger charge is -2.23. The van der Waals surface area contributed by atoms with Gasteiger partial charge in [0.1, 0.15) is 18.1 Å². The molecular weight excluding hydrogens is 628 g/mol. The lowest BCUT2D eigenvalue weighted by Crippen LogP contribution is -2.40. The third-order valence-electron chi connectivity index (χ3n) is 5.94. The van der Waals surface area contributed by atoms with Gasteiger partial charge in [-0.3, -0.25) is 0 Å². The summed E-state index contributed by atoms with van der Waals surface area (Å²) in [6.07, 6.45) is -5.59. The Morgan fingerprint density at radius 1 is 0.909 bits per heavy atom. The quantitative estimate of drug-likeness (QED) is 0.159. The predicted molar refractivity (Wildman–Crippen MR) is 159 cm³/mol. The number of urea groups is 1. The fourth-order valence-corrected chi connectivity index (χ4v) is 4.52. The molecule has 9 nitrogen and oxygen atoms in total. The lowest BCUT2D eigenvalue weighted by atomic mass is 10.1. The summed E-state index contributed by atoms with van der Waals surface area (Å²) < 4.78 is 58.0. The topological polar surface area (TPSA) is 107 Å². The van der Waals surface area contributed by atoms with Crippen LogP contribution in [0.25, 0.3) is 0 Å². The third-order valence-corrected chi connectivity index (χ3v) is 6.38. The van der Waals surface area contributed by atoms with Crippen LogP contribution >= 0.6 is 23.2 Å². The first kappa shape index (κ1) is 34.8. The zero-order valence-corrected chi connectivity index (χ0v) is 25.1. The van der Waals surface area contributed by atoms with Crippen molar-refractivity contribution in [1.82, 2.24) is 4.90 Å². The molecule has 3 aromatic rings. The van der Waals surface area contributed by atoms with E-state index >= 15 is 0 Å². The number of amides is 2. The van der Waals surface area contributed by atoms with Crippen LogP contribution in [0.5, 0.6) is 11.5 Å². The average molecular weight is 659 g/mol. The maximum absolute atomic E-state index is 13.1. The van der Waals surface area contributed by atoms with Gasteiger partial charge < -0.3 is 34.3 Å². The first-order valence-corrected chi connectivity index (χ1v) is 14.2. The summed E-state index contributed by atoms with van der Waals surface area (Å²) in [6, 6.07) is 16.1. The molecule has 0 aromatic heterocycles. The first-order valence-electron chi connectivity index (χ1n) is 13.4. The molecule has 2 amide bonds. The average Bonchev–Trinajstić information content (AvgIpc) is 2.94. The number of rotatable bonds is 16. The molecule has 44 heavy (non-hydrogen) atoms. The van der Waals surface area contributed by atoms with E-state index in [1.54, 1.807) is 49.4 Å². The SMILES string of the molecule is CCOC(Cc1ccc(OCCN(CCOCc2cc(Cl)cc(Cl)c2)C(=O)Nc2ccc(OC(F)(F)F)cc2)cc1)C(=O)O. The van der Waals surface area contributed by atoms with E-state index < -0.39 is 30.2 Å². The highest BCUT2D eigenvalue weighted by Gasteiger charge is 2.31. The molecule has 0 fully saturated rings. The van der Waals surface area contributed by atoms with Gasteiger partial charge in [0, 0.05) is 35.3 Å². The minimum Gasteiger partial charge on any atom is -0.492 e. The number of nitrogens with zero attached hydrogens (tertiary/aromatic N) is 1. The summed E-state index contributed by atoms with van der Waals surface area (Å²) in [6.45, 7) is 2.75. The van der Waals surface area contributed by atoms with E-state index in [0.717, 1.165) is 23.3 Å². The van der Waals surface area contributed by atoms with Gasteiger partial charge in [-0.05, 0) is 72.6 Å². The molecular formula is C30H31Cl2F3N2O7. The Morgan fingerprint density at radius 3 is 2.11 bits per heavy atom. The highest BCUT2D eigenvalue weighted by Crippen LogP contribution is 2.24. The monoisotopic (exact) mass is 658 g/mol. The van der Waals surface area contributed by atoms with Gasteiger partial charge >= 0.3 is 18.4 Å². The molecule has 0 radical (unpaired) electrons. The third kappa shape index (κ3) is 12.5. The second kappa shape index (κ2) is 17.0. The van der Waals surface area contributed by atoms with E-state index in [9.17, 15) is 27.9 Å². The molecule has 1 unspecified atom stereocenters. The van der Waals surface area contributed by atoms with Crippen LogP contribution in [0.2, 0.25) is 10.0 Å². The number of ether oxygens (including phenoxy) is 4. The van der Waals surface area contributed by atoms with Crippen molar-refractivity contribution >= 4 is 40.9 Å². The van der Waals surface area contributed by atoms with Gasteiger partial charge in [-0.15, -0.1) is 13.2 Å². The van der Waals surface area contributed by atoms with E-state index in [1.807, 2.05) is 0 Å². The molecule has 1 atom stereocenters. The molecule has 0 bridgehead atoms. The molecule has 2 N–H and O–H groups in total. The zero-order chi connectivity index (χ0) is 32.1. The predicted octanol–water partition coefficient (Wildman–Crippen LogP) is 7.05. The van der Waals surface area contributed by atoms with Crippen molar-refractivity contribution in [2.24, 2.45) is 0 Å². The molecule has 0 heterocycles. The van der Waals surface area contributed by atoms with Crippen molar-refractivity contribution in [2.75, 3.05) is 38.2 Å². The highest BCUT2D eigenvalue weighted by atomic mass is 35.5. The summed E-state index contributed by atoms with van der Waals surface area (Å²) in [5.74, 6) is -0.958. The zero-order valence-electron chi connectivity index (χ0n) is 23.6. The Labute approximate surface area is 262 Å². The highest BCUT2D eigenvalue weighted by molar-refractivity contribution is 6.34. The van der Waals surface area contributed by atoms with Gasteiger partial charge in [0.05, 0.1) is 19.8 Å². The summed E-state index contributed by atoms with van der Waals surface area (Å²) >= 11 is 12.1. The van der Waals surface area contributed by atoms with Crippen molar-refractivity contribution in [3.05, 3.63) is 87.9 Å². The van der Waals surface area contributed by atoms with Crippen molar-refractivity contribution < 1.29 is 46.8 Å². The number of alkyl halides is 3. The van der Waals surface area contributed by atoms with Crippen molar-refractivity contribution in [3.63, 3.8) is 0 Å². The Kier molecular flexibility index (Phi) is 13.4. The van der Waals surface area contributed by atoms with E-state index in [2.05, 4.69) is 10.1 Å². The van der Waals surface area contributed by atoms with E-state index in [4.69, 9.17) is 37.4 Å². The second-order valence-corrected chi connectivity index (χ2v) is 10.2. The summed E-state index contributed by atoms with van der Waals surface area (Å²) in [5, 5.41) is 12.9. The van der Waals surface area contributed by atoms with E-state index in [1.165, 1.54) is 17.0 Å². The van der Waals surface area contributed by atoms with Gasteiger partial charge in [0.25, 0.3) is 0 Å². The minimum atomic E-state index is -4.83. The molecule has 3 rings (SSSR count). The van der Waals surface area contributed by atoms with Crippen LogP contribution in [0.4, 0.5) is 23.7 Å². The van der Waals surface area contributed by atoms with Crippen LogP contribution in [0.15, 0.2) is 66.7 Å². The van der Waals surface area contributed by atoms with Gasteiger partial charge in [-0.2, -0.15) is 0 Å². The van der Waals surface area contributed by atoms with Crippen molar-refractivity contribution in [1.29, 1.82) is 0 Å². The van der Waals surface area contributed by atoms with E-state index in [0.29, 0.717) is 15.8 Å². The number of hydrogen-bond donors (Lipinski definition) is 2. The second-order valence-electron chi connectivity index (χ2n) is 9.30. The number of hydrogen-bond acceptors (Lipinski definition) is 6. The molecule has 0 spiro atoms. The van der Waals surface area contributed by atoms with Crippen LogP contribution in [-0.2, 0) is 27.3 Å². The summed E-state index contributed by atoms with van der Waals surface area (Å²) in [5.41, 5.74) is 1.76. The number of carboxylic acids is 1. The van der Waals surface area contributed by atoms with Crippen LogP contribution < -0.4 is 14.8 Å². The number of carbonyl (C=O) groups excluding carboxylic acids is 1. The van der Waals surface area contributed by atoms with Crippen LogP contribution in [-0.4, -0.2) is 67.4 Å². The normalized spacial score (nSPS) is 12.0. The fourth-order valence-electron chi connectivity index (χ4n) is 3.94. The Bertz CT molecular complexity index is 1340. The number of carbonyl (C=O) groups is 2. The number of aliphatic carboxylic acids is 1. The lowest BCUT2D eigenvalue weighted by molar-refractivity contribution is -0.274. The summed E-state index contributed by atoms with van der Waals surface area (Å²) in [7, 11) is 0. The molecule has 238 valence electrons. The minimum absolute atomic E-state index is 0.103. The van der Waals surface area contributed by atoms with Crippen LogP contribution in [0.3, 0.4) is 0 Å². The maximum Gasteiger partial charge on any atom is 0.573 e. The Hall–Kier alpha value is -3.71. The number of anilines is 1. The van der Waals surface area contributed by atoms with E-state index in [-0.39, 0.29) is 51.6 Å². The summed E-state index contributed by atoms with van der Waals surface area (Å²) in [4.78, 5) is 25.8. The molecule has 0 aliphatic carbocycles. The maximum atomic E-state index is 13.1. The number of nitrogens with one attached hydrogen (secondary N) is 1. The number of benzene rings is 3. The van der Waals surface area contributed by atoms with Crippen LogP contribution in [0.1, 0.15) is 18.1 Å². The molecule has 0 aliphatic heterocycles. The van der Waals surface area contributed by atoms with Crippen LogP contribution in [0, 0.1) is 0 Å². The molecule has 14 heteroatoms.